The second kappa shape index (κ2) is 9.32. The molecule has 1 N–H and O–H groups in total. The van der Waals surface area contributed by atoms with Gasteiger partial charge in [0.25, 0.3) is 0 Å². The highest BCUT2D eigenvalue weighted by Crippen LogP contribution is 2.13. The fourth-order valence-electron chi connectivity index (χ4n) is 3.51. The van der Waals surface area contributed by atoms with Gasteiger partial charge in [-0.05, 0) is 35.7 Å². The van der Waals surface area contributed by atoms with Gasteiger partial charge >= 0.3 is 5.97 Å². The summed E-state index contributed by atoms with van der Waals surface area (Å²) in [6, 6.07) is 12.5. The van der Waals surface area contributed by atoms with E-state index in [9.17, 15) is 23.9 Å². The van der Waals surface area contributed by atoms with E-state index < -0.39 is 5.97 Å². The molecule has 7 heteroatoms. The van der Waals surface area contributed by atoms with E-state index in [-0.39, 0.29) is 36.0 Å². The number of carboxylic acid groups (broad SMARTS) is 1. The van der Waals surface area contributed by atoms with Gasteiger partial charge in [0.1, 0.15) is 5.82 Å². The molecule has 1 fully saturated rings. The Morgan fingerprint density at radius 2 is 1.52 bits per heavy atom. The highest BCUT2D eigenvalue weighted by Gasteiger charge is 2.23. The van der Waals surface area contributed by atoms with Crippen molar-refractivity contribution in [2.24, 2.45) is 0 Å². The van der Waals surface area contributed by atoms with Gasteiger partial charge in [-0.25, -0.2) is 9.18 Å². The van der Waals surface area contributed by atoms with Gasteiger partial charge in [-0.15, -0.1) is 0 Å². The van der Waals surface area contributed by atoms with Crippen molar-refractivity contribution in [2.75, 3.05) is 26.2 Å². The molecule has 0 spiro atoms. The zero-order chi connectivity index (χ0) is 20.8. The molecule has 0 radical (unpaired) electrons. The molecule has 1 aliphatic rings. The van der Waals surface area contributed by atoms with Crippen LogP contribution in [0.4, 0.5) is 4.39 Å². The van der Waals surface area contributed by atoms with Crippen molar-refractivity contribution in [3.05, 3.63) is 71.0 Å². The van der Waals surface area contributed by atoms with Crippen LogP contribution in [0, 0.1) is 5.82 Å². The number of nitrogens with zero attached hydrogens (tertiary/aromatic N) is 2. The lowest BCUT2D eigenvalue weighted by Gasteiger charge is -2.22. The van der Waals surface area contributed by atoms with E-state index in [2.05, 4.69) is 0 Å². The van der Waals surface area contributed by atoms with Crippen molar-refractivity contribution < 1.29 is 23.9 Å². The van der Waals surface area contributed by atoms with Crippen LogP contribution in [-0.4, -0.2) is 58.9 Å². The SMILES string of the molecule is O=C(O)c1ccccc1CC(=O)N1CCCN(C(=O)Cc2cccc(F)c2)CC1. The maximum Gasteiger partial charge on any atom is 0.335 e. The van der Waals surface area contributed by atoms with Crippen molar-refractivity contribution >= 4 is 17.8 Å². The first kappa shape index (κ1) is 20.5. The average Bonchev–Trinajstić information content (AvgIpc) is 2.94. The molecule has 3 rings (SSSR count). The van der Waals surface area contributed by atoms with Crippen LogP contribution in [0.5, 0.6) is 0 Å². The van der Waals surface area contributed by atoms with E-state index in [0.29, 0.717) is 43.7 Å². The van der Waals surface area contributed by atoms with Gasteiger partial charge < -0.3 is 14.9 Å². The lowest BCUT2D eigenvalue weighted by molar-refractivity contribution is -0.132. The Balaban J connectivity index is 1.58. The van der Waals surface area contributed by atoms with Gasteiger partial charge in [-0.3, -0.25) is 9.59 Å². The zero-order valence-electron chi connectivity index (χ0n) is 16.0. The third-order valence-corrected chi connectivity index (χ3v) is 5.04. The number of aromatic carboxylic acids is 1. The van der Waals surface area contributed by atoms with Gasteiger partial charge in [-0.1, -0.05) is 30.3 Å². The highest BCUT2D eigenvalue weighted by atomic mass is 19.1. The van der Waals surface area contributed by atoms with Crippen molar-refractivity contribution in [3.8, 4) is 0 Å². The molecule has 0 aromatic heterocycles. The van der Waals surface area contributed by atoms with Crippen LogP contribution in [0.2, 0.25) is 0 Å². The quantitative estimate of drug-likeness (QED) is 0.839. The molecule has 0 unspecified atom stereocenters. The molecule has 2 aromatic rings. The Hall–Kier alpha value is -3.22. The van der Waals surface area contributed by atoms with Crippen molar-refractivity contribution in [3.63, 3.8) is 0 Å². The predicted octanol–water partition coefficient (Wildman–Crippen LogP) is 2.37. The molecule has 2 amide bonds. The van der Waals surface area contributed by atoms with Gasteiger partial charge in [-0.2, -0.15) is 0 Å². The molecular weight excluding hydrogens is 375 g/mol. The number of amides is 2. The first-order valence-corrected chi connectivity index (χ1v) is 9.55. The van der Waals surface area contributed by atoms with E-state index in [0.717, 1.165) is 0 Å². The number of halogens is 1. The molecule has 2 aromatic carbocycles. The summed E-state index contributed by atoms with van der Waals surface area (Å²) in [6.45, 7) is 1.84. The monoisotopic (exact) mass is 398 g/mol. The summed E-state index contributed by atoms with van der Waals surface area (Å²) < 4.78 is 13.3. The second-order valence-electron chi connectivity index (χ2n) is 7.06. The van der Waals surface area contributed by atoms with Crippen LogP contribution in [0.3, 0.4) is 0 Å². The molecule has 0 atom stereocenters. The Morgan fingerprint density at radius 3 is 2.17 bits per heavy atom. The number of carbonyl (C=O) groups excluding carboxylic acids is 2. The molecule has 152 valence electrons. The minimum Gasteiger partial charge on any atom is -0.478 e. The molecule has 1 heterocycles. The third kappa shape index (κ3) is 5.40. The number of carboxylic acids is 1. The van der Waals surface area contributed by atoms with Crippen LogP contribution in [0.15, 0.2) is 48.5 Å². The molecule has 0 bridgehead atoms. The van der Waals surface area contributed by atoms with Gasteiger partial charge in [0.05, 0.1) is 18.4 Å². The van der Waals surface area contributed by atoms with Crippen LogP contribution in [-0.2, 0) is 22.4 Å². The number of benzene rings is 2. The molecule has 0 aliphatic carbocycles. The zero-order valence-corrected chi connectivity index (χ0v) is 16.0. The summed E-state index contributed by atoms with van der Waals surface area (Å²) in [4.78, 5) is 39.9. The standard InChI is InChI=1S/C22H23FN2O4/c23-18-7-3-5-16(13-18)14-20(26)24-9-4-10-25(12-11-24)21(27)15-17-6-1-2-8-19(17)22(28)29/h1-3,5-8,13H,4,9-12,14-15H2,(H,28,29). The minimum atomic E-state index is -1.06. The molecule has 0 saturated carbocycles. The Kier molecular flexibility index (Phi) is 6.59. The van der Waals surface area contributed by atoms with Crippen molar-refractivity contribution in [1.82, 2.24) is 9.80 Å². The Bertz CT molecular complexity index is 915. The van der Waals surface area contributed by atoms with E-state index in [4.69, 9.17) is 0 Å². The van der Waals surface area contributed by atoms with Crippen LogP contribution in [0.25, 0.3) is 0 Å². The smallest absolute Gasteiger partial charge is 0.335 e. The van der Waals surface area contributed by atoms with Crippen LogP contribution < -0.4 is 0 Å². The minimum absolute atomic E-state index is 0.0136. The normalized spacial score (nSPS) is 14.4. The maximum absolute atomic E-state index is 13.3. The number of rotatable bonds is 5. The molecule has 1 aliphatic heterocycles. The molecule has 29 heavy (non-hydrogen) atoms. The van der Waals surface area contributed by atoms with Crippen LogP contribution in [0.1, 0.15) is 27.9 Å². The van der Waals surface area contributed by atoms with Gasteiger partial charge in [0, 0.05) is 26.2 Å². The fourth-order valence-corrected chi connectivity index (χ4v) is 3.51. The lowest BCUT2D eigenvalue weighted by atomic mass is 10.0. The van der Waals surface area contributed by atoms with E-state index >= 15 is 0 Å². The molecule has 1 saturated heterocycles. The van der Waals surface area contributed by atoms with E-state index in [1.807, 2.05) is 0 Å². The summed E-state index contributed by atoms with van der Waals surface area (Å²) in [6.07, 6.45) is 0.776. The highest BCUT2D eigenvalue weighted by molar-refractivity contribution is 5.91. The summed E-state index contributed by atoms with van der Waals surface area (Å²) in [5.74, 6) is -1.68. The summed E-state index contributed by atoms with van der Waals surface area (Å²) >= 11 is 0. The lowest BCUT2D eigenvalue weighted by Crippen LogP contribution is -2.38. The summed E-state index contributed by atoms with van der Waals surface area (Å²) in [5.41, 5.74) is 1.23. The predicted molar refractivity (Wildman–Crippen MR) is 105 cm³/mol. The van der Waals surface area contributed by atoms with Crippen molar-refractivity contribution in [1.29, 1.82) is 0 Å². The third-order valence-electron chi connectivity index (χ3n) is 5.04. The Morgan fingerprint density at radius 1 is 0.862 bits per heavy atom. The first-order valence-electron chi connectivity index (χ1n) is 9.55. The summed E-state index contributed by atoms with van der Waals surface area (Å²) in [5, 5.41) is 9.28. The van der Waals surface area contributed by atoms with Gasteiger partial charge in [0.15, 0.2) is 0 Å². The maximum atomic E-state index is 13.3. The van der Waals surface area contributed by atoms with Gasteiger partial charge in [0.2, 0.25) is 11.8 Å². The Labute approximate surface area is 168 Å². The molecular formula is C22H23FN2O4. The fraction of sp³-hybridized carbons (Fsp3) is 0.318. The molecule has 6 nitrogen and oxygen atoms in total. The van der Waals surface area contributed by atoms with E-state index in [1.165, 1.54) is 18.2 Å². The summed E-state index contributed by atoms with van der Waals surface area (Å²) in [7, 11) is 0. The number of hydrogen-bond acceptors (Lipinski definition) is 3. The van der Waals surface area contributed by atoms with Crippen LogP contribution >= 0.6 is 0 Å². The second-order valence-corrected chi connectivity index (χ2v) is 7.06. The number of carbonyl (C=O) groups is 3. The van der Waals surface area contributed by atoms with Crippen molar-refractivity contribution in [2.45, 2.75) is 19.3 Å². The average molecular weight is 398 g/mol. The largest absolute Gasteiger partial charge is 0.478 e. The van der Waals surface area contributed by atoms with E-state index in [1.54, 1.807) is 40.1 Å². The first-order chi connectivity index (χ1) is 13.9. The topological polar surface area (TPSA) is 77.9 Å². The number of hydrogen-bond donors (Lipinski definition) is 1.